The second-order valence-electron chi connectivity index (χ2n) is 8.93. The summed E-state index contributed by atoms with van der Waals surface area (Å²) in [6.45, 7) is 5.75. The van der Waals surface area contributed by atoms with Gasteiger partial charge < -0.3 is 14.4 Å². The summed E-state index contributed by atoms with van der Waals surface area (Å²) >= 11 is 12.4. The zero-order valence-corrected chi connectivity index (χ0v) is 22.2. The normalized spacial score (nSPS) is 14.9. The fraction of sp³-hybridized carbons (Fsp3) is 0.385. The first kappa shape index (κ1) is 26.9. The monoisotopic (exact) mass is 548 g/mol. The molecule has 1 saturated heterocycles. The number of piperidine rings is 1. The molecule has 0 aliphatic carbocycles. The Balaban J connectivity index is 1.44. The minimum Gasteiger partial charge on any atom is -0.484 e. The van der Waals surface area contributed by atoms with Gasteiger partial charge in [-0.3, -0.25) is 19.3 Å². The van der Waals surface area contributed by atoms with Crippen LogP contribution in [0.4, 0.5) is 4.39 Å². The van der Waals surface area contributed by atoms with Crippen molar-refractivity contribution in [1.82, 2.24) is 19.7 Å². The van der Waals surface area contributed by atoms with Crippen molar-refractivity contribution in [3.63, 3.8) is 0 Å². The van der Waals surface area contributed by atoms with Crippen molar-refractivity contribution in [2.24, 2.45) is 0 Å². The molecule has 1 unspecified atom stereocenters. The molecule has 11 heteroatoms. The van der Waals surface area contributed by atoms with Crippen LogP contribution in [-0.2, 0) is 14.3 Å². The number of nitrogens with zero attached hydrogens (tertiary/aromatic N) is 4. The third-order valence-electron chi connectivity index (χ3n) is 6.36. The van der Waals surface area contributed by atoms with Gasteiger partial charge in [0.25, 0.3) is 5.91 Å². The minimum atomic E-state index is -0.608. The fourth-order valence-electron chi connectivity index (χ4n) is 4.28. The average molecular weight is 549 g/mol. The van der Waals surface area contributed by atoms with Gasteiger partial charge in [-0.15, -0.1) is 0 Å². The molecule has 0 bridgehead atoms. The molecule has 0 N–H and O–H groups in total. The quantitative estimate of drug-likeness (QED) is 0.283. The number of carbonyl (C=O) groups is 2. The topological polar surface area (TPSA) is 86.6 Å². The predicted octanol–water partition coefficient (Wildman–Crippen LogP) is 5.57. The van der Waals surface area contributed by atoms with Crippen LogP contribution in [-0.4, -0.2) is 51.2 Å². The summed E-state index contributed by atoms with van der Waals surface area (Å²) < 4.78 is 26.8. The minimum absolute atomic E-state index is 0.0674. The van der Waals surface area contributed by atoms with E-state index in [2.05, 4.69) is 10.1 Å². The molecule has 0 saturated carbocycles. The van der Waals surface area contributed by atoms with E-state index in [4.69, 9.17) is 32.7 Å². The second-order valence-corrected chi connectivity index (χ2v) is 9.71. The highest BCUT2D eigenvalue weighted by Gasteiger charge is 2.25. The van der Waals surface area contributed by atoms with Crippen molar-refractivity contribution >= 4 is 35.1 Å². The lowest BCUT2D eigenvalue weighted by molar-refractivity contribution is -0.150. The number of esters is 1. The molecule has 0 radical (unpaired) electrons. The van der Waals surface area contributed by atoms with Crippen molar-refractivity contribution < 1.29 is 23.5 Å². The Kier molecular flexibility index (Phi) is 8.34. The Hall–Kier alpha value is -3.17. The molecular formula is C26H27Cl2FN4O4. The van der Waals surface area contributed by atoms with Gasteiger partial charge in [0, 0.05) is 54.1 Å². The fourth-order valence-corrected chi connectivity index (χ4v) is 4.95. The average Bonchev–Trinajstić information content (AvgIpc) is 3.37. The van der Waals surface area contributed by atoms with E-state index < -0.39 is 17.9 Å². The summed E-state index contributed by atoms with van der Waals surface area (Å²) in [7, 11) is 0. The first-order valence-corrected chi connectivity index (χ1v) is 12.6. The van der Waals surface area contributed by atoms with Gasteiger partial charge in [0.15, 0.2) is 6.61 Å². The Morgan fingerprint density at radius 1 is 1.19 bits per heavy atom. The van der Waals surface area contributed by atoms with Crippen LogP contribution in [0.1, 0.15) is 50.1 Å². The molecule has 1 fully saturated rings. The van der Waals surface area contributed by atoms with Gasteiger partial charge in [0.05, 0.1) is 23.0 Å². The molecular weight excluding hydrogens is 522 g/mol. The van der Waals surface area contributed by atoms with E-state index in [0.29, 0.717) is 35.1 Å². The lowest BCUT2D eigenvalue weighted by atomic mass is 10.1. The molecule has 4 rings (SSSR count). The molecule has 1 aliphatic rings. The number of rotatable bonds is 7. The highest BCUT2D eigenvalue weighted by molar-refractivity contribution is 6.36. The summed E-state index contributed by atoms with van der Waals surface area (Å²) in [6.07, 6.45) is 6.31. The van der Waals surface area contributed by atoms with Crippen LogP contribution >= 0.6 is 23.2 Å². The van der Waals surface area contributed by atoms with Crippen LogP contribution in [0.2, 0.25) is 10.0 Å². The molecule has 1 aromatic carbocycles. The zero-order chi connectivity index (χ0) is 26.7. The van der Waals surface area contributed by atoms with Crippen LogP contribution in [0.25, 0.3) is 11.1 Å². The first-order valence-electron chi connectivity index (χ1n) is 11.9. The Bertz CT molecular complexity index is 1310. The maximum Gasteiger partial charge on any atom is 0.303 e. The number of likely N-dealkylation sites (tertiary alicyclic amines) is 1. The van der Waals surface area contributed by atoms with E-state index in [-0.39, 0.29) is 23.6 Å². The summed E-state index contributed by atoms with van der Waals surface area (Å²) in [5, 5.41) is 4.79. The third-order valence-corrected chi connectivity index (χ3v) is 7.07. The van der Waals surface area contributed by atoms with Crippen LogP contribution < -0.4 is 4.74 Å². The maximum atomic E-state index is 14.0. The van der Waals surface area contributed by atoms with Crippen molar-refractivity contribution in [2.75, 3.05) is 19.7 Å². The summed E-state index contributed by atoms with van der Waals surface area (Å²) in [6, 6.07) is 4.67. The standard InChI is InChI=1S/C26H27Cl2FN4O4/c1-15-23(37-16(2)25-21(27)4-5-22(29)26(25)28)10-18(11-30-15)19-12-31-33(13-19)20-6-8-32(9-7-20)24(35)14-36-17(3)34/h4-5,10-13,16,20H,6-9,14H2,1-3H3. The lowest BCUT2D eigenvalue weighted by Crippen LogP contribution is -2.41. The van der Waals surface area contributed by atoms with Crippen molar-refractivity contribution in [3.05, 3.63) is 63.9 Å². The summed E-state index contributed by atoms with van der Waals surface area (Å²) in [4.78, 5) is 29.3. The Morgan fingerprint density at radius 3 is 2.62 bits per heavy atom. The highest BCUT2D eigenvalue weighted by Crippen LogP contribution is 2.36. The molecule has 1 amide bonds. The Labute approximate surface area is 224 Å². The van der Waals surface area contributed by atoms with Gasteiger partial charge in [0.2, 0.25) is 0 Å². The van der Waals surface area contributed by atoms with E-state index in [0.717, 1.165) is 24.0 Å². The van der Waals surface area contributed by atoms with Gasteiger partial charge in [-0.05, 0) is 44.9 Å². The van der Waals surface area contributed by atoms with Crippen LogP contribution in [0.15, 0.2) is 36.8 Å². The van der Waals surface area contributed by atoms with E-state index in [1.807, 2.05) is 23.9 Å². The summed E-state index contributed by atoms with van der Waals surface area (Å²) in [5.41, 5.74) is 2.71. The molecule has 8 nitrogen and oxygen atoms in total. The predicted molar refractivity (Wildman–Crippen MR) is 137 cm³/mol. The zero-order valence-electron chi connectivity index (χ0n) is 20.7. The van der Waals surface area contributed by atoms with Gasteiger partial charge in [0.1, 0.15) is 17.7 Å². The van der Waals surface area contributed by atoms with Crippen LogP contribution in [0.3, 0.4) is 0 Å². The van der Waals surface area contributed by atoms with E-state index in [1.165, 1.54) is 19.1 Å². The Morgan fingerprint density at radius 2 is 1.92 bits per heavy atom. The van der Waals surface area contributed by atoms with E-state index in [9.17, 15) is 14.0 Å². The molecule has 0 spiro atoms. The molecule has 3 heterocycles. The molecule has 37 heavy (non-hydrogen) atoms. The lowest BCUT2D eigenvalue weighted by Gasteiger charge is -2.31. The number of amides is 1. The van der Waals surface area contributed by atoms with E-state index in [1.54, 1.807) is 24.2 Å². The van der Waals surface area contributed by atoms with Gasteiger partial charge >= 0.3 is 5.97 Å². The SMILES string of the molecule is CC(=O)OCC(=O)N1CCC(n2cc(-c3cnc(C)c(OC(C)c4c(Cl)ccc(F)c4Cl)c3)cn2)CC1. The largest absolute Gasteiger partial charge is 0.484 e. The molecule has 2 aromatic heterocycles. The number of aromatic nitrogens is 3. The van der Waals surface area contributed by atoms with Crippen LogP contribution in [0, 0.1) is 12.7 Å². The number of hydrogen-bond donors (Lipinski definition) is 0. The number of benzene rings is 1. The number of carbonyl (C=O) groups excluding carboxylic acids is 2. The molecule has 3 aromatic rings. The van der Waals surface area contributed by atoms with Gasteiger partial charge in [-0.1, -0.05) is 23.2 Å². The number of pyridine rings is 1. The molecule has 1 atom stereocenters. The van der Waals surface area contributed by atoms with Gasteiger partial charge in [-0.25, -0.2) is 4.39 Å². The van der Waals surface area contributed by atoms with Gasteiger partial charge in [-0.2, -0.15) is 5.10 Å². The van der Waals surface area contributed by atoms with E-state index >= 15 is 0 Å². The number of aryl methyl sites for hydroxylation is 1. The number of ether oxygens (including phenoxy) is 2. The van der Waals surface area contributed by atoms with Crippen LogP contribution in [0.5, 0.6) is 5.75 Å². The molecule has 196 valence electrons. The maximum absolute atomic E-state index is 14.0. The number of hydrogen-bond acceptors (Lipinski definition) is 6. The highest BCUT2D eigenvalue weighted by atomic mass is 35.5. The van der Waals surface area contributed by atoms with Crippen molar-refractivity contribution in [1.29, 1.82) is 0 Å². The summed E-state index contributed by atoms with van der Waals surface area (Å²) in [5.74, 6) is -0.702. The first-order chi connectivity index (χ1) is 17.6. The third kappa shape index (κ3) is 6.22. The molecule has 1 aliphatic heterocycles. The smallest absolute Gasteiger partial charge is 0.303 e. The van der Waals surface area contributed by atoms with Crippen molar-refractivity contribution in [3.8, 4) is 16.9 Å². The number of halogens is 3. The second kappa shape index (κ2) is 11.5. The van der Waals surface area contributed by atoms with Crippen molar-refractivity contribution in [2.45, 2.75) is 45.8 Å².